The van der Waals surface area contributed by atoms with Gasteiger partial charge in [0.2, 0.25) is 0 Å². The maximum Gasteiger partial charge on any atom is 0.416 e. The van der Waals surface area contributed by atoms with Gasteiger partial charge >= 0.3 is 17.5 Å². The average Bonchev–Trinajstić information content (AvgIpc) is 3.06. The largest absolute Gasteiger partial charge is 0.416 e. The summed E-state index contributed by atoms with van der Waals surface area (Å²) in [5.74, 6) is 0. The van der Waals surface area contributed by atoms with Gasteiger partial charge in [-0.25, -0.2) is 9.88 Å². The minimum Gasteiger partial charge on any atom is -0.231 e. The predicted molar refractivity (Wildman–Crippen MR) is 108 cm³/mol. The Hall–Kier alpha value is -3.07. The number of aromatic nitrogens is 1. The van der Waals surface area contributed by atoms with Crippen LogP contribution in [-0.4, -0.2) is 0 Å². The van der Waals surface area contributed by atoms with Crippen molar-refractivity contribution < 1.29 is 30.9 Å². The number of nitrogens with zero attached hydrogens (tertiary/aromatic N) is 1. The molecule has 4 aromatic rings. The molecule has 160 valence electrons. The first-order valence-corrected chi connectivity index (χ1v) is 9.93. The Kier molecular flexibility index (Phi) is 5.17. The molecule has 1 N–H and O–H groups in total. The van der Waals surface area contributed by atoms with Crippen molar-refractivity contribution in [2.24, 2.45) is 7.05 Å². The molecule has 9 heteroatoms. The summed E-state index contributed by atoms with van der Waals surface area (Å²) in [5.41, 5.74) is -1.35. The third-order valence-corrected chi connectivity index (χ3v) is 5.77. The first-order chi connectivity index (χ1) is 14.5. The van der Waals surface area contributed by atoms with Crippen LogP contribution in [0.15, 0.2) is 66.0 Å². The molecule has 0 radical (unpaired) electrons. The summed E-state index contributed by atoms with van der Waals surface area (Å²) >= 11 is 1.19. The second-order valence-corrected chi connectivity index (χ2v) is 7.82. The van der Waals surface area contributed by atoms with Gasteiger partial charge in [-0.2, -0.15) is 26.3 Å². The van der Waals surface area contributed by atoms with Crippen LogP contribution in [0.3, 0.4) is 0 Å². The summed E-state index contributed by atoms with van der Waals surface area (Å²) in [6.07, 6.45) is -9.79. The SMILES string of the molecule is C[n+]1c(-c2ccc3ccccc3c2)csc1Nc1cc(C(F)(F)F)cc(C(F)(F)F)c1. The second-order valence-electron chi connectivity index (χ2n) is 6.97. The zero-order valence-electron chi connectivity index (χ0n) is 16.0. The quantitative estimate of drug-likeness (QED) is 0.257. The predicted octanol–water partition coefficient (Wildman–Crippen LogP) is 7.17. The van der Waals surface area contributed by atoms with E-state index in [1.165, 1.54) is 11.3 Å². The van der Waals surface area contributed by atoms with Crippen molar-refractivity contribution in [3.05, 3.63) is 77.2 Å². The smallest absolute Gasteiger partial charge is 0.231 e. The highest BCUT2D eigenvalue weighted by Crippen LogP contribution is 2.38. The Balaban J connectivity index is 1.71. The van der Waals surface area contributed by atoms with E-state index in [1.807, 2.05) is 42.5 Å². The van der Waals surface area contributed by atoms with Gasteiger partial charge < -0.3 is 0 Å². The summed E-state index contributed by atoms with van der Waals surface area (Å²) < 4.78 is 80.4. The molecule has 0 aliphatic heterocycles. The third-order valence-electron chi connectivity index (χ3n) is 4.83. The van der Waals surface area contributed by atoms with Crippen LogP contribution in [0.5, 0.6) is 0 Å². The van der Waals surface area contributed by atoms with Crippen LogP contribution in [0.4, 0.5) is 37.2 Å². The van der Waals surface area contributed by atoms with Crippen molar-refractivity contribution >= 4 is 32.9 Å². The van der Waals surface area contributed by atoms with Gasteiger partial charge in [0.1, 0.15) is 11.4 Å². The number of fused-ring (bicyclic) bond motifs is 1. The van der Waals surface area contributed by atoms with E-state index in [0.717, 1.165) is 22.0 Å². The number of nitrogens with one attached hydrogen (secondary N) is 1. The molecule has 4 rings (SSSR count). The second kappa shape index (κ2) is 7.56. The Morgan fingerprint density at radius 1 is 0.774 bits per heavy atom. The summed E-state index contributed by atoms with van der Waals surface area (Å²) in [6, 6.07) is 15.1. The van der Waals surface area contributed by atoms with Gasteiger partial charge in [0, 0.05) is 10.9 Å². The molecule has 31 heavy (non-hydrogen) atoms. The number of halogens is 6. The van der Waals surface area contributed by atoms with E-state index in [2.05, 4.69) is 5.32 Å². The number of alkyl halides is 6. The van der Waals surface area contributed by atoms with Crippen molar-refractivity contribution in [1.82, 2.24) is 0 Å². The van der Waals surface area contributed by atoms with Crippen LogP contribution in [0.1, 0.15) is 11.1 Å². The molecule has 2 nitrogen and oxygen atoms in total. The molecule has 0 amide bonds. The van der Waals surface area contributed by atoms with E-state index in [4.69, 9.17) is 0 Å². The van der Waals surface area contributed by atoms with E-state index in [1.54, 1.807) is 17.0 Å². The number of hydrogen-bond acceptors (Lipinski definition) is 2. The zero-order valence-corrected chi connectivity index (χ0v) is 16.8. The first kappa shape index (κ1) is 21.2. The van der Waals surface area contributed by atoms with Crippen LogP contribution in [0, 0.1) is 0 Å². The molecule has 0 saturated heterocycles. The number of rotatable bonds is 3. The topological polar surface area (TPSA) is 15.9 Å². The molecule has 0 aliphatic carbocycles. The van der Waals surface area contributed by atoms with Crippen LogP contribution in [0.2, 0.25) is 0 Å². The maximum absolute atomic E-state index is 13.1. The van der Waals surface area contributed by atoms with Gasteiger partial charge in [-0.05, 0) is 35.0 Å². The highest BCUT2D eigenvalue weighted by molar-refractivity contribution is 7.13. The number of anilines is 2. The molecule has 0 aliphatic rings. The molecule has 0 fully saturated rings. The summed E-state index contributed by atoms with van der Waals surface area (Å²) in [4.78, 5) is 0. The summed E-state index contributed by atoms with van der Waals surface area (Å²) in [7, 11) is 1.70. The Morgan fingerprint density at radius 3 is 2.00 bits per heavy atom. The number of benzene rings is 3. The summed E-state index contributed by atoms with van der Waals surface area (Å²) in [5, 5.41) is 6.98. The van der Waals surface area contributed by atoms with Crippen molar-refractivity contribution in [3.63, 3.8) is 0 Å². The fraction of sp³-hybridized carbons (Fsp3) is 0.136. The normalized spacial score (nSPS) is 12.4. The molecule has 1 aromatic heterocycles. The fourth-order valence-electron chi connectivity index (χ4n) is 3.25. The van der Waals surface area contributed by atoms with Crippen molar-refractivity contribution in [1.29, 1.82) is 0 Å². The van der Waals surface area contributed by atoms with Crippen LogP contribution < -0.4 is 9.88 Å². The zero-order chi connectivity index (χ0) is 22.4. The van der Waals surface area contributed by atoms with Gasteiger partial charge in [-0.15, -0.1) is 0 Å². The highest BCUT2D eigenvalue weighted by atomic mass is 32.1. The van der Waals surface area contributed by atoms with Crippen LogP contribution in [0.25, 0.3) is 22.0 Å². The van der Waals surface area contributed by atoms with E-state index in [9.17, 15) is 26.3 Å². The lowest BCUT2D eigenvalue weighted by Gasteiger charge is -2.12. The Labute approximate surface area is 177 Å². The minimum absolute atomic E-state index is 0.111. The lowest BCUT2D eigenvalue weighted by Crippen LogP contribution is -2.31. The van der Waals surface area contributed by atoms with E-state index in [0.29, 0.717) is 17.3 Å². The molecule has 0 bridgehead atoms. The van der Waals surface area contributed by atoms with E-state index >= 15 is 0 Å². The first-order valence-electron chi connectivity index (χ1n) is 9.05. The number of hydrogen-bond donors (Lipinski definition) is 1. The monoisotopic (exact) mass is 453 g/mol. The lowest BCUT2D eigenvalue weighted by molar-refractivity contribution is -0.641. The summed E-state index contributed by atoms with van der Waals surface area (Å²) in [6.45, 7) is 0. The number of thiazole rings is 1. The maximum atomic E-state index is 13.1. The molecule has 0 unspecified atom stereocenters. The van der Waals surface area contributed by atoms with Gasteiger partial charge in [0.15, 0.2) is 0 Å². The minimum atomic E-state index is -4.90. The van der Waals surface area contributed by atoms with Gasteiger partial charge in [-0.3, -0.25) is 0 Å². The van der Waals surface area contributed by atoms with Crippen LogP contribution >= 0.6 is 11.3 Å². The fourth-order valence-corrected chi connectivity index (χ4v) is 4.20. The Bertz CT molecular complexity index is 1220. The van der Waals surface area contributed by atoms with Gasteiger partial charge in [0.25, 0.3) is 0 Å². The standard InChI is InChI=1S/C22H14F6N2S/c1-30-19(15-7-6-13-4-2-3-5-14(13)8-15)12-31-20(30)29-18-10-16(21(23,24)25)9-17(11-18)22(26,27)28/h2-12H,1H3/p+1. The molecular weight excluding hydrogens is 438 g/mol. The molecular formula is C22H15F6N2S+. The van der Waals surface area contributed by atoms with Gasteiger partial charge in [0.05, 0.1) is 18.2 Å². The van der Waals surface area contributed by atoms with Crippen molar-refractivity contribution in [3.8, 4) is 11.3 Å². The van der Waals surface area contributed by atoms with Crippen molar-refractivity contribution in [2.75, 3.05) is 5.32 Å². The Morgan fingerprint density at radius 2 is 1.39 bits per heavy atom. The average molecular weight is 453 g/mol. The van der Waals surface area contributed by atoms with Crippen molar-refractivity contribution in [2.45, 2.75) is 12.4 Å². The molecule has 0 spiro atoms. The molecule has 0 atom stereocenters. The highest BCUT2D eigenvalue weighted by Gasteiger charge is 2.37. The molecule has 0 saturated carbocycles. The molecule has 3 aromatic carbocycles. The van der Waals surface area contributed by atoms with Crippen LogP contribution in [-0.2, 0) is 19.4 Å². The van der Waals surface area contributed by atoms with Gasteiger partial charge in [-0.1, -0.05) is 47.7 Å². The van der Waals surface area contributed by atoms with E-state index in [-0.39, 0.29) is 11.8 Å². The van der Waals surface area contributed by atoms with E-state index < -0.39 is 23.5 Å². The lowest BCUT2D eigenvalue weighted by atomic mass is 10.1. The third kappa shape index (κ3) is 4.36. The molecule has 1 heterocycles.